The Kier molecular flexibility index (Phi) is 5.43. The number of aromatic nitrogens is 4. The van der Waals surface area contributed by atoms with Crippen LogP contribution in [0.2, 0.25) is 0 Å². The van der Waals surface area contributed by atoms with Crippen molar-refractivity contribution in [2.45, 2.75) is 26.9 Å². The number of fused-ring (bicyclic) bond motifs is 1. The molecule has 7 heteroatoms. The largest absolute Gasteiger partial charge is 0.350 e. The van der Waals surface area contributed by atoms with Crippen LogP contribution in [0.5, 0.6) is 0 Å². The summed E-state index contributed by atoms with van der Waals surface area (Å²) in [5.74, 6) is -0.136. The molecule has 30 heavy (non-hydrogen) atoms. The lowest BCUT2D eigenvalue weighted by Crippen LogP contribution is -2.27. The molecule has 0 atom stereocenters. The number of hydrogen-bond donors (Lipinski definition) is 1. The molecule has 4 aromatic rings. The predicted molar refractivity (Wildman–Crippen MR) is 116 cm³/mol. The van der Waals surface area contributed by atoms with E-state index >= 15 is 0 Å². The Morgan fingerprint density at radius 1 is 1.07 bits per heavy atom. The molecule has 152 valence electrons. The summed E-state index contributed by atoms with van der Waals surface area (Å²) < 4.78 is 3.22. The van der Waals surface area contributed by atoms with Gasteiger partial charge >= 0.3 is 0 Å². The highest BCUT2D eigenvalue weighted by molar-refractivity contribution is 5.94. The van der Waals surface area contributed by atoms with Crippen molar-refractivity contribution in [2.24, 2.45) is 0 Å². The Labute approximate surface area is 174 Å². The van der Waals surface area contributed by atoms with Crippen LogP contribution in [0.1, 0.15) is 27.0 Å². The van der Waals surface area contributed by atoms with Crippen LogP contribution in [0.15, 0.2) is 65.8 Å². The standard InChI is InChI=1S/C23H23N5O2/c1-16-6-8-18(9-7-16)14-27-15-25-21-20(23(27)30)13-26-28(21)11-10-24-22(29)19-5-3-4-17(2)12-19/h3-9,12-13,15H,10-11,14H2,1-2H3,(H,24,29). The van der Waals surface area contributed by atoms with Gasteiger partial charge in [-0.2, -0.15) is 5.10 Å². The van der Waals surface area contributed by atoms with Gasteiger partial charge in [0.05, 0.1) is 19.3 Å². The maximum Gasteiger partial charge on any atom is 0.264 e. The smallest absolute Gasteiger partial charge is 0.264 e. The molecule has 2 heterocycles. The van der Waals surface area contributed by atoms with E-state index in [9.17, 15) is 9.59 Å². The fourth-order valence-corrected chi connectivity index (χ4v) is 3.33. The van der Waals surface area contributed by atoms with Gasteiger partial charge in [-0.25, -0.2) is 9.67 Å². The monoisotopic (exact) mass is 401 g/mol. The topological polar surface area (TPSA) is 81.8 Å². The summed E-state index contributed by atoms with van der Waals surface area (Å²) in [4.78, 5) is 29.5. The third-order valence-electron chi connectivity index (χ3n) is 4.99. The summed E-state index contributed by atoms with van der Waals surface area (Å²) in [7, 11) is 0. The summed E-state index contributed by atoms with van der Waals surface area (Å²) in [6, 6.07) is 15.5. The van der Waals surface area contributed by atoms with Gasteiger partial charge in [0.1, 0.15) is 11.7 Å². The Balaban J connectivity index is 1.45. The van der Waals surface area contributed by atoms with Gasteiger partial charge in [0.15, 0.2) is 5.65 Å². The van der Waals surface area contributed by atoms with Crippen molar-refractivity contribution in [1.29, 1.82) is 0 Å². The highest BCUT2D eigenvalue weighted by Crippen LogP contribution is 2.08. The molecular weight excluding hydrogens is 378 g/mol. The molecule has 0 bridgehead atoms. The molecule has 4 rings (SSSR count). The van der Waals surface area contributed by atoms with Crippen molar-refractivity contribution < 1.29 is 4.79 Å². The van der Waals surface area contributed by atoms with Crippen molar-refractivity contribution in [1.82, 2.24) is 24.6 Å². The molecular formula is C23H23N5O2. The lowest BCUT2D eigenvalue weighted by Gasteiger charge is -2.08. The van der Waals surface area contributed by atoms with Crippen LogP contribution in [0.4, 0.5) is 0 Å². The number of nitrogens with one attached hydrogen (secondary N) is 1. The van der Waals surface area contributed by atoms with E-state index in [1.165, 1.54) is 5.56 Å². The Morgan fingerprint density at radius 3 is 2.63 bits per heavy atom. The van der Waals surface area contributed by atoms with Gasteiger partial charge in [-0.1, -0.05) is 47.5 Å². The molecule has 1 amide bonds. The van der Waals surface area contributed by atoms with Crippen LogP contribution < -0.4 is 10.9 Å². The van der Waals surface area contributed by atoms with E-state index in [1.807, 2.05) is 56.3 Å². The first-order valence-electron chi connectivity index (χ1n) is 9.82. The van der Waals surface area contributed by atoms with Crippen molar-refractivity contribution in [2.75, 3.05) is 6.54 Å². The zero-order valence-electron chi connectivity index (χ0n) is 17.0. The van der Waals surface area contributed by atoms with Gasteiger partial charge in [0.2, 0.25) is 0 Å². The summed E-state index contributed by atoms with van der Waals surface area (Å²) >= 11 is 0. The highest BCUT2D eigenvalue weighted by atomic mass is 16.1. The van der Waals surface area contributed by atoms with Gasteiger partial charge in [0, 0.05) is 12.1 Å². The van der Waals surface area contributed by atoms with Gasteiger partial charge in [-0.3, -0.25) is 14.2 Å². The van der Waals surface area contributed by atoms with Crippen molar-refractivity contribution in [3.8, 4) is 0 Å². The molecule has 0 spiro atoms. The van der Waals surface area contributed by atoms with E-state index in [0.717, 1.165) is 11.1 Å². The fourth-order valence-electron chi connectivity index (χ4n) is 3.33. The van der Waals surface area contributed by atoms with Crippen LogP contribution in [0.25, 0.3) is 11.0 Å². The Hall–Kier alpha value is -3.74. The summed E-state index contributed by atoms with van der Waals surface area (Å²) in [5.41, 5.74) is 4.26. The molecule has 2 aromatic heterocycles. The first kappa shape index (κ1) is 19.6. The molecule has 0 radical (unpaired) electrons. The molecule has 7 nitrogen and oxygen atoms in total. The summed E-state index contributed by atoms with van der Waals surface area (Å²) in [6.45, 7) is 5.25. The third-order valence-corrected chi connectivity index (χ3v) is 4.99. The Bertz CT molecular complexity index is 1250. The van der Waals surface area contributed by atoms with E-state index in [2.05, 4.69) is 15.4 Å². The van der Waals surface area contributed by atoms with Crippen LogP contribution in [0.3, 0.4) is 0 Å². The second-order valence-electron chi connectivity index (χ2n) is 7.39. The van der Waals surface area contributed by atoms with Gasteiger partial charge in [-0.15, -0.1) is 0 Å². The van der Waals surface area contributed by atoms with Crippen LogP contribution in [-0.4, -0.2) is 31.8 Å². The normalized spacial score (nSPS) is 11.0. The van der Waals surface area contributed by atoms with E-state index in [1.54, 1.807) is 27.8 Å². The maximum absolute atomic E-state index is 12.8. The molecule has 0 aliphatic rings. The van der Waals surface area contributed by atoms with E-state index in [0.29, 0.717) is 36.2 Å². The average Bonchev–Trinajstić information content (AvgIpc) is 3.15. The first-order chi connectivity index (χ1) is 14.5. The van der Waals surface area contributed by atoms with Gasteiger partial charge in [-0.05, 0) is 31.5 Å². The van der Waals surface area contributed by atoms with Crippen molar-refractivity contribution in [3.05, 3.63) is 93.7 Å². The van der Waals surface area contributed by atoms with E-state index < -0.39 is 0 Å². The third kappa shape index (κ3) is 4.15. The zero-order chi connectivity index (χ0) is 21.1. The quantitative estimate of drug-likeness (QED) is 0.539. The number of carbonyl (C=O) groups is 1. The number of rotatable bonds is 6. The zero-order valence-corrected chi connectivity index (χ0v) is 17.0. The number of nitrogens with zero attached hydrogens (tertiary/aromatic N) is 4. The lowest BCUT2D eigenvalue weighted by molar-refractivity contribution is 0.0952. The number of carbonyl (C=O) groups excluding carboxylic acids is 1. The highest BCUT2D eigenvalue weighted by Gasteiger charge is 2.11. The summed E-state index contributed by atoms with van der Waals surface area (Å²) in [6.07, 6.45) is 3.09. The number of aryl methyl sites for hydroxylation is 2. The second kappa shape index (κ2) is 8.32. The number of amides is 1. The molecule has 0 aliphatic heterocycles. The van der Waals surface area contributed by atoms with Crippen LogP contribution in [-0.2, 0) is 13.1 Å². The minimum absolute atomic E-state index is 0.129. The average molecular weight is 401 g/mol. The number of benzene rings is 2. The molecule has 0 saturated carbocycles. The molecule has 2 aromatic carbocycles. The predicted octanol–water partition coefficient (Wildman–Crippen LogP) is 2.69. The van der Waals surface area contributed by atoms with Gasteiger partial charge in [0.25, 0.3) is 11.5 Å². The first-order valence-corrected chi connectivity index (χ1v) is 9.82. The maximum atomic E-state index is 12.8. The van der Waals surface area contributed by atoms with Crippen LogP contribution in [0, 0.1) is 13.8 Å². The molecule has 0 unspecified atom stereocenters. The molecule has 0 fully saturated rings. The van der Waals surface area contributed by atoms with Gasteiger partial charge < -0.3 is 5.32 Å². The second-order valence-corrected chi connectivity index (χ2v) is 7.39. The number of hydrogen-bond acceptors (Lipinski definition) is 4. The van der Waals surface area contributed by atoms with Crippen molar-refractivity contribution in [3.63, 3.8) is 0 Å². The SMILES string of the molecule is Cc1ccc(Cn2cnc3c(cnn3CCNC(=O)c3cccc(C)c3)c2=O)cc1. The van der Waals surface area contributed by atoms with Crippen molar-refractivity contribution >= 4 is 16.9 Å². The lowest BCUT2D eigenvalue weighted by atomic mass is 10.1. The Morgan fingerprint density at radius 2 is 1.87 bits per heavy atom. The fraction of sp³-hybridized carbons (Fsp3) is 0.217. The minimum atomic E-state index is -0.136. The van der Waals surface area contributed by atoms with Crippen LogP contribution >= 0.6 is 0 Å². The molecule has 0 aliphatic carbocycles. The summed E-state index contributed by atoms with van der Waals surface area (Å²) in [5, 5.41) is 7.64. The minimum Gasteiger partial charge on any atom is -0.350 e. The van der Waals surface area contributed by atoms with E-state index in [4.69, 9.17) is 0 Å². The van der Waals surface area contributed by atoms with E-state index in [-0.39, 0.29) is 11.5 Å². The molecule has 0 saturated heterocycles. The molecule has 1 N–H and O–H groups in total.